The fourth-order valence-corrected chi connectivity index (χ4v) is 3.43. The van der Waals surface area contributed by atoms with Crippen LogP contribution in [0.4, 0.5) is 0 Å². The molecule has 2 aromatic rings. The molecular formula is C24H33BN4O6. The molecule has 3 rings (SSSR count). The maximum absolute atomic E-state index is 13.2. The van der Waals surface area contributed by atoms with Crippen LogP contribution < -0.4 is 15.4 Å². The van der Waals surface area contributed by atoms with Crippen LogP contribution in [0.3, 0.4) is 0 Å². The monoisotopic (exact) mass is 484 g/mol. The molecule has 1 fully saturated rings. The molecule has 0 aliphatic carbocycles. The van der Waals surface area contributed by atoms with Gasteiger partial charge in [-0.05, 0) is 39.8 Å². The largest absolute Gasteiger partial charge is 0.494 e. The molecule has 0 saturated carbocycles. The van der Waals surface area contributed by atoms with Gasteiger partial charge in [0.15, 0.2) is 0 Å². The van der Waals surface area contributed by atoms with Gasteiger partial charge in [0, 0.05) is 25.9 Å². The van der Waals surface area contributed by atoms with Crippen LogP contribution >= 0.6 is 0 Å². The standard InChI is InChI=1S/C24H33BN4O6/c1-23(2)24(3,4)35-25(34-23)20(11-14-33-17-9-7-6-8-10-17)29-22(31)19(16-32-5)28-21(30)18-15-26-12-13-27-18/h6-10,12-13,15,19-20H,11,14,16H2,1-5H3,(H,28,30)(H,29,31)/t19?,20-/m0/s1. The fourth-order valence-electron chi connectivity index (χ4n) is 3.43. The number of hydrogen-bond donors (Lipinski definition) is 2. The quantitative estimate of drug-likeness (QED) is 0.464. The Morgan fingerprint density at radius 2 is 1.74 bits per heavy atom. The lowest BCUT2D eigenvalue weighted by molar-refractivity contribution is -0.124. The zero-order valence-electron chi connectivity index (χ0n) is 20.8. The Morgan fingerprint density at radius 3 is 2.34 bits per heavy atom. The number of nitrogens with one attached hydrogen (secondary N) is 2. The number of carbonyl (C=O) groups is 2. The minimum absolute atomic E-state index is 0.0333. The van der Waals surface area contributed by atoms with E-state index in [0.717, 1.165) is 5.75 Å². The number of carbonyl (C=O) groups excluding carboxylic acids is 2. The Bertz CT molecular complexity index is 960. The lowest BCUT2D eigenvalue weighted by Gasteiger charge is -2.32. The molecule has 0 radical (unpaired) electrons. The van der Waals surface area contributed by atoms with Crippen molar-refractivity contribution in [3.05, 3.63) is 54.6 Å². The van der Waals surface area contributed by atoms with E-state index in [1.165, 1.54) is 25.7 Å². The molecule has 2 heterocycles. The summed E-state index contributed by atoms with van der Waals surface area (Å²) in [5.41, 5.74) is -1.06. The molecule has 35 heavy (non-hydrogen) atoms. The number of rotatable bonds is 11. The van der Waals surface area contributed by atoms with E-state index in [1.54, 1.807) is 0 Å². The molecule has 1 aromatic carbocycles. The molecule has 2 N–H and O–H groups in total. The van der Waals surface area contributed by atoms with Gasteiger partial charge in [0.05, 0.1) is 36.6 Å². The second-order valence-corrected chi connectivity index (χ2v) is 9.26. The molecule has 1 aromatic heterocycles. The van der Waals surface area contributed by atoms with Crippen LogP contribution in [0.1, 0.15) is 44.6 Å². The van der Waals surface area contributed by atoms with Crippen molar-refractivity contribution >= 4 is 18.9 Å². The lowest BCUT2D eigenvalue weighted by Crippen LogP contribution is -2.56. The number of nitrogens with zero attached hydrogens (tertiary/aromatic N) is 2. The summed E-state index contributed by atoms with van der Waals surface area (Å²) in [7, 11) is 0.746. The van der Waals surface area contributed by atoms with Gasteiger partial charge in [-0.25, -0.2) is 4.98 Å². The molecule has 1 unspecified atom stereocenters. The van der Waals surface area contributed by atoms with Gasteiger partial charge in [0.2, 0.25) is 5.91 Å². The van der Waals surface area contributed by atoms with Crippen LogP contribution in [-0.2, 0) is 18.8 Å². The van der Waals surface area contributed by atoms with Crippen molar-refractivity contribution < 1.29 is 28.4 Å². The highest BCUT2D eigenvalue weighted by Gasteiger charge is 2.54. The Kier molecular flexibility index (Phi) is 8.82. The number of hydrogen-bond acceptors (Lipinski definition) is 8. The molecule has 2 atom stereocenters. The van der Waals surface area contributed by atoms with Crippen molar-refractivity contribution in [1.82, 2.24) is 20.6 Å². The number of para-hydroxylation sites is 1. The van der Waals surface area contributed by atoms with Crippen LogP contribution in [0, 0.1) is 0 Å². The third kappa shape index (κ3) is 7.00. The second kappa shape index (κ2) is 11.6. The smallest absolute Gasteiger partial charge is 0.481 e. The summed E-state index contributed by atoms with van der Waals surface area (Å²) in [5, 5.41) is 5.62. The Balaban J connectivity index is 1.71. The molecule has 1 aliphatic rings. The molecule has 2 amide bonds. The summed E-state index contributed by atoms with van der Waals surface area (Å²) >= 11 is 0. The van der Waals surface area contributed by atoms with E-state index in [2.05, 4.69) is 20.6 Å². The van der Waals surface area contributed by atoms with Gasteiger partial charge in [0.25, 0.3) is 5.91 Å². The minimum Gasteiger partial charge on any atom is -0.494 e. The molecule has 0 bridgehead atoms. The highest BCUT2D eigenvalue weighted by atomic mass is 16.7. The van der Waals surface area contributed by atoms with Crippen molar-refractivity contribution in [3.63, 3.8) is 0 Å². The molecule has 10 nitrogen and oxygen atoms in total. The van der Waals surface area contributed by atoms with Gasteiger partial charge in [0.1, 0.15) is 17.5 Å². The maximum atomic E-state index is 13.2. The van der Waals surface area contributed by atoms with Gasteiger partial charge in [-0.3, -0.25) is 14.6 Å². The van der Waals surface area contributed by atoms with E-state index in [4.69, 9.17) is 18.8 Å². The number of amides is 2. The minimum atomic E-state index is -0.963. The Labute approximate surface area is 206 Å². The average Bonchev–Trinajstić information content (AvgIpc) is 3.05. The number of methoxy groups -OCH3 is 1. The molecule has 188 valence electrons. The predicted molar refractivity (Wildman–Crippen MR) is 130 cm³/mol. The highest BCUT2D eigenvalue weighted by Crippen LogP contribution is 2.37. The van der Waals surface area contributed by atoms with Gasteiger partial charge in [-0.2, -0.15) is 0 Å². The average molecular weight is 484 g/mol. The van der Waals surface area contributed by atoms with Crippen molar-refractivity contribution in [2.45, 2.75) is 57.3 Å². The van der Waals surface area contributed by atoms with Gasteiger partial charge >= 0.3 is 7.12 Å². The number of aromatic nitrogens is 2. The van der Waals surface area contributed by atoms with Gasteiger partial charge in [-0.15, -0.1) is 0 Å². The summed E-state index contributed by atoms with van der Waals surface area (Å²) in [6.07, 6.45) is 4.60. The number of ether oxygens (including phenoxy) is 2. The van der Waals surface area contributed by atoms with E-state index in [9.17, 15) is 9.59 Å². The van der Waals surface area contributed by atoms with Crippen LogP contribution in [-0.4, -0.2) is 72.4 Å². The fraction of sp³-hybridized carbons (Fsp3) is 0.500. The zero-order chi connectivity index (χ0) is 25.5. The van der Waals surface area contributed by atoms with E-state index >= 15 is 0 Å². The van der Waals surface area contributed by atoms with E-state index < -0.39 is 42.1 Å². The van der Waals surface area contributed by atoms with Crippen LogP contribution in [0.15, 0.2) is 48.9 Å². The zero-order valence-corrected chi connectivity index (χ0v) is 20.8. The molecular weight excluding hydrogens is 451 g/mol. The summed E-state index contributed by atoms with van der Waals surface area (Å²) in [5.74, 6) is -0.793. The summed E-state index contributed by atoms with van der Waals surface area (Å²) in [4.78, 5) is 33.6. The first-order chi connectivity index (χ1) is 16.6. The van der Waals surface area contributed by atoms with Crippen molar-refractivity contribution in [2.75, 3.05) is 20.3 Å². The summed E-state index contributed by atoms with van der Waals surface area (Å²) < 4.78 is 23.4. The van der Waals surface area contributed by atoms with Crippen molar-refractivity contribution in [3.8, 4) is 5.75 Å². The van der Waals surface area contributed by atoms with Crippen LogP contribution in [0.5, 0.6) is 5.75 Å². The molecule has 1 saturated heterocycles. The topological polar surface area (TPSA) is 121 Å². The first kappa shape index (κ1) is 26.6. The van der Waals surface area contributed by atoms with Crippen molar-refractivity contribution in [2.24, 2.45) is 0 Å². The van der Waals surface area contributed by atoms with Gasteiger partial charge in [-0.1, -0.05) is 18.2 Å². The summed E-state index contributed by atoms with van der Waals surface area (Å²) in [6, 6.07) is 8.44. The van der Waals surface area contributed by atoms with Gasteiger partial charge < -0.3 is 29.4 Å². The normalized spacial score (nSPS) is 17.9. The summed E-state index contributed by atoms with van der Waals surface area (Å²) in [6.45, 7) is 8.07. The van der Waals surface area contributed by atoms with Crippen LogP contribution in [0.25, 0.3) is 0 Å². The molecule has 0 spiro atoms. The van der Waals surface area contributed by atoms with Crippen LogP contribution in [0.2, 0.25) is 0 Å². The third-order valence-electron chi connectivity index (χ3n) is 6.12. The Morgan fingerprint density at radius 1 is 1.06 bits per heavy atom. The highest BCUT2D eigenvalue weighted by molar-refractivity contribution is 6.48. The number of benzene rings is 1. The SMILES string of the molecule is COCC(NC(=O)c1cnccn1)C(=O)N[C@@H](CCOc1ccccc1)B1OC(C)(C)C(C)(C)O1. The Hall–Kier alpha value is -3.02. The van der Waals surface area contributed by atoms with E-state index in [0.29, 0.717) is 13.0 Å². The third-order valence-corrected chi connectivity index (χ3v) is 6.12. The molecule has 1 aliphatic heterocycles. The van der Waals surface area contributed by atoms with E-state index in [1.807, 2.05) is 58.0 Å². The maximum Gasteiger partial charge on any atom is 0.481 e. The first-order valence-electron chi connectivity index (χ1n) is 11.5. The molecule has 11 heteroatoms. The predicted octanol–water partition coefficient (Wildman–Crippen LogP) is 1.81. The van der Waals surface area contributed by atoms with Crippen molar-refractivity contribution in [1.29, 1.82) is 0 Å². The van der Waals surface area contributed by atoms with E-state index in [-0.39, 0.29) is 12.3 Å². The lowest BCUT2D eigenvalue weighted by atomic mass is 9.76. The second-order valence-electron chi connectivity index (χ2n) is 9.26. The first-order valence-corrected chi connectivity index (χ1v) is 11.5.